The summed E-state index contributed by atoms with van der Waals surface area (Å²) in [7, 11) is -0.604. The molecule has 0 unspecified atom stereocenters. The van der Waals surface area contributed by atoms with Gasteiger partial charge in [-0.2, -0.15) is 4.31 Å². The first kappa shape index (κ1) is 19.7. The van der Waals surface area contributed by atoms with Crippen molar-refractivity contribution in [1.82, 2.24) is 9.62 Å². The number of benzene rings is 1. The van der Waals surface area contributed by atoms with Gasteiger partial charge in [0.2, 0.25) is 15.9 Å². The number of piperidine rings is 1. The number of methoxy groups -OCH3 is 2. The zero-order valence-corrected chi connectivity index (χ0v) is 15.8. The molecule has 0 aromatic heterocycles. The summed E-state index contributed by atoms with van der Waals surface area (Å²) >= 11 is 0. The summed E-state index contributed by atoms with van der Waals surface area (Å²) in [6, 6.07) is 5.10. The molecule has 1 N–H and O–H groups in total. The Bertz CT molecular complexity index is 697. The molecule has 140 valence electrons. The molecule has 0 saturated carbocycles. The molecule has 1 aromatic rings. The zero-order chi connectivity index (χ0) is 18.4. The lowest BCUT2D eigenvalue weighted by molar-refractivity contribution is -0.126. The van der Waals surface area contributed by atoms with Gasteiger partial charge in [-0.3, -0.25) is 4.79 Å². The number of aryl methyl sites for hydroxylation is 1. The second kappa shape index (κ2) is 8.64. The van der Waals surface area contributed by atoms with Crippen LogP contribution < -0.4 is 10.1 Å². The minimum atomic E-state index is -3.64. The average Bonchev–Trinajstić information content (AvgIpc) is 2.62. The van der Waals surface area contributed by atoms with Crippen LogP contribution >= 0.6 is 0 Å². The number of nitrogens with zero attached hydrogens (tertiary/aromatic N) is 1. The summed E-state index contributed by atoms with van der Waals surface area (Å²) in [6.45, 7) is 3.42. The fraction of sp³-hybridized carbons (Fsp3) is 0.588. The van der Waals surface area contributed by atoms with Crippen LogP contribution in [0, 0.1) is 12.8 Å². The van der Waals surface area contributed by atoms with Crippen molar-refractivity contribution in [2.24, 2.45) is 5.92 Å². The highest BCUT2D eigenvalue weighted by atomic mass is 32.2. The van der Waals surface area contributed by atoms with E-state index in [0.29, 0.717) is 44.8 Å². The summed E-state index contributed by atoms with van der Waals surface area (Å²) in [5, 5.41) is 2.81. The molecule has 0 atom stereocenters. The van der Waals surface area contributed by atoms with Crippen molar-refractivity contribution in [1.29, 1.82) is 0 Å². The van der Waals surface area contributed by atoms with Crippen LogP contribution in [0.4, 0.5) is 0 Å². The molecule has 1 saturated heterocycles. The van der Waals surface area contributed by atoms with Gasteiger partial charge in [0.05, 0.1) is 13.7 Å². The number of hydrogen-bond donors (Lipinski definition) is 1. The Morgan fingerprint density at radius 3 is 2.56 bits per heavy atom. The van der Waals surface area contributed by atoms with Gasteiger partial charge in [0, 0.05) is 32.7 Å². The molecule has 7 nitrogen and oxygen atoms in total. The highest BCUT2D eigenvalue weighted by Gasteiger charge is 2.33. The van der Waals surface area contributed by atoms with Gasteiger partial charge in [-0.05, 0) is 37.5 Å². The van der Waals surface area contributed by atoms with Crippen molar-refractivity contribution in [2.75, 3.05) is 40.5 Å². The number of sulfonamides is 1. The maximum atomic E-state index is 12.9. The Balaban J connectivity index is 2.04. The number of ether oxygens (including phenoxy) is 2. The lowest BCUT2D eigenvalue weighted by Gasteiger charge is -2.31. The quantitative estimate of drug-likeness (QED) is 0.728. The van der Waals surface area contributed by atoms with Crippen LogP contribution in [-0.2, 0) is 19.6 Å². The number of hydrogen-bond acceptors (Lipinski definition) is 5. The third-order valence-electron chi connectivity index (χ3n) is 4.37. The van der Waals surface area contributed by atoms with Crippen molar-refractivity contribution < 1.29 is 22.7 Å². The molecule has 0 bridgehead atoms. The van der Waals surface area contributed by atoms with E-state index < -0.39 is 10.0 Å². The first-order valence-electron chi connectivity index (χ1n) is 8.31. The third kappa shape index (κ3) is 4.71. The van der Waals surface area contributed by atoms with E-state index in [1.807, 2.05) is 13.0 Å². The van der Waals surface area contributed by atoms with E-state index in [1.54, 1.807) is 19.2 Å². The second-order valence-corrected chi connectivity index (χ2v) is 8.02. The van der Waals surface area contributed by atoms with Crippen LogP contribution in [0.5, 0.6) is 5.75 Å². The molecule has 0 spiro atoms. The first-order valence-corrected chi connectivity index (χ1v) is 9.75. The molecule has 1 heterocycles. The molecule has 0 aliphatic carbocycles. The Labute approximate surface area is 149 Å². The lowest BCUT2D eigenvalue weighted by Crippen LogP contribution is -2.43. The lowest BCUT2D eigenvalue weighted by atomic mass is 9.97. The summed E-state index contributed by atoms with van der Waals surface area (Å²) in [6.07, 6.45) is 1.01. The summed E-state index contributed by atoms with van der Waals surface area (Å²) in [5.41, 5.74) is 0.854. The molecule has 1 aliphatic rings. The van der Waals surface area contributed by atoms with Gasteiger partial charge >= 0.3 is 0 Å². The fourth-order valence-electron chi connectivity index (χ4n) is 2.90. The molecule has 2 rings (SSSR count). The average molecular weight is 370 g/mol. The van der Waals surface area contributed by atoms with E-state index in [0.717, 1.165) is 5.56 Å². The third-order valence-corrected chi connectivity index (χ3v) is 6.29. The van der Waals surface area contributed by atoms with Gasteiger partial charge in [-0.15, -0.1) is 0 Å². The summed E-state index contributed by atoms with van der Waals surface area (Å²) < 4.78 is 37.4. The van der Waals surface area contributed by atoms with Gasteiger partial charge < -0.3 is 14.8 Å². The minimum Gasteiger partial charge on any atom is -0.495 e. The van der Waals surface area contributed by atoms with Crippen LogP contribution in [0.3, 0.4) is 0 Å². The van der Waals surface area contributed by atoms with Crippen LogP contribution in [0.25, 0.3) is 0 Å². The normalized spacial score (nSPS) is 16.6. The van der Waals surface area contributed by atoms with Crippen molar-refractivity contribution in [2.45, 2.75) is 24.7 Å². The molecular weight excluding hydrogens is 344 g/mol. The maximum Gasteiger partial charge on any atom is 0.246 e. The molecule has 1 fully saturated rings. The SMILES string of the molecule is COCCNC(=O)C1CCN(S(=O)(=O)c2cc(C)ccc2OC)CC1. The van der Waals surface area contributed by atoms with E-state index in [4.69, 9.17) is 9.47 Å². The van der Waals surface area contributed by atoms with Crippen molar-refractivity contribution in [3.63, 3.8) is 0 Å². The molecule has 0 radical (unpaired) electrons. The molecular formula is C17H26N2O5S. The number of carbonyl (C=O) groups is 1. The van der Waals surface area contributed by atoms with Crippen LogP contribution in [-0.4, -0.2) is 59.1 Å². The molecule has 1 aromatic carbocycles. The number of amides is 1. The maximum absolute atomic E-state index is 12.9. The predicted molar refractivity (Wildman–Crippen MR) is 94.1 cm³/mol. The largest absolute Gasteiger partial charge is 0.495 e. The van der Waals surface area contributed by atoms with Crippen molar-refractivity contribution in [3.8, 4) is 5.75 Å². The minimum absolute atomic E-state index is 0.0396. The van der Waals surface area contributed by atoms with Crippen molar-refractivity contribution in [3.05, 3.63) is 23.8 Å². The fourth-order valence-corrected chi connectivity index (χ4v) is 4.61. The van der Waals surface area contributed by atoms with Crippen LogP contribution in [0.1, 0.15) is 18.4 Å². The molecule has 25 heavy (non-hydrogen) atoms. The summed E-state index contributed by atoms with van der Waals surface area (Å²) in [5.74, 6) is 0.134. The second-order valence-electron chi connectivity index (χ2n) is 6.12. The Kier molecular flexibility index (Phi) is 6.80. The van der Waals surface area contributed by atoms with Crippen LogP contribution in [0.2, 0.25) is 0 Å². The molecule has 1 amide bonds. The Morgan fingerprint density at radius 1 is 1.28 bits per heavy atom. The summed E-state index contributed by atoms with van der Waals surface area (Å²) in [4.78, 5) is 12.3. The Hall–Kier alpha value is -1.64. The highest BCUT2D eigenvalue weighted by Crippen LogP contribution is 2.30. The Morgan fingerprint density at radius 2 is 1.96 bits per heavy atom. The van der Waals surface area contributed by atoms with E-state index in [2.05, 4.69) is 5.32 Å². The smallest absolute Gasteiger partial charge is 0.246 e. The zero-order valence-electron chi connectivity index (χ0n) is 14.9. The molecule has 1 aliphatic heterocycles. The standard InChI is InChI=1S/C17H26N2O5S/c1-13-4-5-15(24-3)16(12-13)25(21,22)19-9-6-14(7-10-19)17(20)18-8-11-23-2/h4-5,12,14H,6-11H2,1-3H3,(H,18,20). The number of nitrogens with one attached hydrogen (secondary N) is 1. The van der Waals surface area contributed by atoms with Crippen LogP contribution in [0.15, 0.2) is 23.1 Å². The van der Waals surface area contributed by atoms with Crippen molar-refractivity contribution >= 4 is 15.9 Å². The number of carbonyl (C=O) groups excluding carboxylic acids is 1. The van der Waals surface area contributed by atoms with Gasteiger partial charge in [0.15, 0.2) is 0 Å². The van der Waals surface area contributed by atoms with Gasteiger partial charge in [-0.25, -0.2) is 8.42 Å². The predicted octanol–water partition coefficient (Wildman–Crippen LogP) is 1.17. The monoisotopic (exact) mass is 370 g/mol. The van der Waals surface area contributed by atoms with Gasteiger partial charge in [0.1, 0.15) is 10.6 Å². The van der Waals surface area contributed by atoms with E-state index in [9.17, 15) is 13.2 Å². The van der Waals surface area contributed by atoms with E-state index >= 15 is 0 Å². The van der Waals surface area contributed by atoms with E-state index in [-0.39, 0.29) is 16.7 Å². The van der Waals surface area contributed by atoms with Gasteiger partial charge in [-0.1, -0.05) is 6.07 Å². The highest BCUT2D eigenvalue weighted by molar-refractivity contribution is 7.89. The molecule has 8 heteroatoms. The topological polar surface area (TPSA) is 84.9 Å². The number of rotatable bonds is 7. The first-order chi connectivity index (χ1) is 11.9. The van der Waals surface area contributed by atoms with Gasteiger partial charge in [0.25, 0.3) is 0 Å². The van der Waals surface area contributed by atoms with E-state index in [1.165, 1.54) is 11.4 Å².